The van der Waals surface area contributed by atoms with E-state index in [0.717, 1.165) is 44.5 Å². The summed E-state index contributed by atoms with van der Waals surface area (Å²) in [6.45, 7) is 4.06. The van der Waals surface area contributed by atoms with Gasteiger partial charge in [0.15, 0.2) is 4.96 Å². The maximum Gasteiger partial charge on any atom is 0.230 e. The number of hydrogen-bond acceptors (Lipinski definition) is 4. The molecule has 0 spiro atoms. The Balaban J connectivity index is 1.57. The van der Waals surface area contributed by atoms with Gasteiger partial charge < -0.3 is 10.1 Å². The Kier molecular flexibility index (Phi) is 4.88. The minimum atomic E-state index is -0.0370. The van der Waals surface area contributed by atoms with Crippen LogP contribution in [-0.4, -0.2) is 22.4 Å². The van der Waals surface area contributed by atoms with E-state index in [0.29, 0.717) is 6.42 Å². The topological polar surface area (TPSA) is 55.6 Å². The molecule has 1 amide bonds. The molecule has 2 aromatic carbocycles. The number of nitrogens with one attached hydrogen (secondary N) is 1. The summed E-state index contributed by atoms with van der Waals surface area (Å²) >= 11 is 1.53. The zero-order chi connectivity index (χ0) is 19.7. The summed E-state index contributed by atoms with van der Waals surface area (Å²) in [4.78, 5) is 18.1. The number of methoxy groups -OCH3 is 1. The zero-order valence-corrected chi connectivity index (χ0v) is 16.8. The van der Waals surface area contributed by atoms with Crippen LogP contribution in [0.1, 0.15) is 16.8 Å². The number of imidazole rings is 1. The van der Waals surface area contributed by atoms with Gasteiger partial charge in [0.1, 0.15) is 5.75 Å². The Morgan fingerprint density at radius 2 is 2.04 bits per heavy atom. The average Bonchev–Trinajstić information content (AvgIpc) is 3.27. The van der Waals surface area contributed by atoms with Crippen molar-refractivity contribution >= 4 is 27.9 Å². The van der Waals surface area contributed by atoms with Gasteiger partial charge in [0.2, 0.25) is 5.91 Å². The van der Waals surface area contributed by atoms with Crippen molar-refractivity contribution in [1.82, 2.24) is 9.38 Å². The number of aromatic nitrogens is 2. The van der Waals surface area contributed by atoms with Crippen LogP contribution in [0.4, 0.5) is 5.69 Å². The van der Waals surface area contributed by atoms with E-state index in [1.54, 1.807) is 7.11 Å². The predicted octanol–water partition coefficient (Wildman–Crippen LogP) is 4.87. The first-order chi connectivity index (χ1) is 13.5. The number of carbonyl (C=O) groups is 1. The number of fused-ring (bicyclic) bond motifs is 1. The van der Waals surface area contributed by atoms with Gasteiger partial charge in [0.05, 0.1) is 19.2 Å². The van der Waals surface area contributed by atoms with Gasteiger partial charge in [-0.25, -0.2) is 4.98 Å². The van der Waals surface area contributed by atoms with Crippen LogP contribution in [-0.2, 0) is 11.2 Å². The molecule has 0 saturated heterocycles. The third-order valence-electron chi connectivity index (χ3n) is 4.87. The predicted molar refractivity (Wildman–Crippen MR) is 113 cm³/mol. The van der Waals surface area contributed by atoms with Gasteiger partial charge >= 0.3 is 0 Å². The van der Waals surface area contributed by atoms with E-state index in [2.05, 4.69) is 5.32 Å². The SMILES string of the molecule is COc1cccc(-c2cn3c(CC(=O)Nc4cccc(C)c4C)csc3n2)c1. The summed E-state index contributed by atoms with van der Waals surface area (Å²) in [6, 6.07) is 13.7. The van der Waals surface area contributed by atoms with Crippen molar-refractivity contribution in [2.75, 3.05) is 12.4 Å². The molecule has 0 aliphatic carbocycles. The molecule has 0 radical (unpaired) electrons. The van der Waals surface area contributed by atoms with Crippen molar-refractivity contribution < 1.29 is 9.53 Å². The van der Waals surface area contributed by atoms with E-state index >= 15 is 0 Å². The molecule has 0 saturated carbocycles. The molecule has 4 aromatic rings. The van der Waals surface area contributed by atoms with E-state index in [9.17, 15) is 4.79 Å². The first-order valence-electron chi connectivity index (χ1n) is 9.01. The molecule has 142 valence electrons. The number of carbonyl (C=O) groups excluding carboxylic acids is 1. The van der Waals surface area contributed by atoms with Crippen molar-refractivity contribution in [3.63, 3.8) is 0 Å². The van der Waals surface area contributed by atoms with Gasteiger partial charge in [-0.2, -0.15) is 0 Å². The van der Waals surface area contributed by atoms with E-state index < -0.39 is 0 Å². The lowest BCUT2D eigenvalue weighted by Gasteiger charge is -2.10. The summed E-state index contributed by atoms with van der Waals surface area (Å²) in [5.41, 5.74) is 5.88. The van der Waals surface area contributed by atoms with Gasteiger partial charge in [-0.3, -0.25) is 9.20 Å². The van der Waals surface area contributed by atoms with Crippen molar-refractivity contribution in [3.8, 4) is 17.0 Å². The molecule has 2 heterocycles. The second-order valence-corrected chi connectivity index (χ2v) is 7.55. The highest BCUT2D eigenvalue weighted by Gasteiger charge is 2.14. The lowest BCUT2D eigenvalue weighted by Crippen LogP contribution is -2.16. The van der Waals surface area contributed by atoms with Crippen LogP contribution in [0, 0.1) is 13.8 Å². The first kappa shape index (κ1) is 18.3. The molecular weight excluding hydrogens is 370 g/mol. The summed E-state index contributed by atoms with van der Waals surface area (Å²) in [5.74, 6) is 0.756. The molecule has 4 rings (SSSR count). The van der Waals surface area contributed by atoms with Gasteiger partial charge in [-0.05, 0) is 43.2 Å². The number of rotatable bonds is 5. The molecule has 0 aliphatic rings. The lowest BCUT2D eigenvalue weighted by molar-refractivity contribution is -0.115. The molecule has 2 aromatic heterocycles. The second kappa shape index (κ2) is 7.48. The molecule has 0 aliphatic heterocycles. The van der Waals surface area contributed by atoms with Crippen LogP contribution in [0.2, 0.25) is 0 Å². The minimum Gasteiger partial charge on any atom is -0.497 e. The number of hydrogen-bond donors (Lipinski definition) is 1. The quantitative estimate of drug-likeness (QED) is 0.528. The van der Waals surface area contributed by atoms with Crippen LogP contribution in [0.3, 0.4) is 0 Å². The maximum atomic E-state index is 12.6. The number of aryl methyl sites for hydroxylation is 1. The smallest absolute Gasteiger partial charge is 0.230 e. The Morgan fingerprint density at radius 1 is 1.21 bits per heavy atom. The van der Waals surface area contributed by atoms with Gasteiger partial charge in [0.25, 0.3) is 0 Å². The monoisotopic (exact) mass is 391 g/mol. The van der Waals surface area contributed by atoms with Crippen molar-refractivity contribution in [2.24, 2.45) is 0 Å². The number of thiazole rings is 1. The van der Waals surface area contributed by atoms with Crippen LogP contribution >= 0.6 is 11.3 Å². The van der Waals surface area contributed by atoms with Crippen molar-refractivity contribution in [2.45, 2.75) is 20.3 Å². The zero-order valence-electron chi connectivity index (χ0n) is 16.0. The molecule has 5 nitrogen and oxygen atoms in total. The summed E-state index contributed by atoms with van der Waals surface area (Å²) in [5, 5.41) is 5.01. The number of anilines is 1. The third-order valence-corrected chi connectivity index (χ3v) is 5.76. The Morgan fingerprint density at radius 3 is 2.86 bits per heavy atom. The molecule has 0 fully saturated rings. The van der Waals surface area contributed by atoms with E-state index in [-0.39, 0.29) is 5.91 Å². The van der Waals surface area contributed by atoms with E-state index in [1.165, 1.54) is 11.3 Å². The summed E-state index contributed by atoms with van der Waals surface area (Å²) in [7, 11) is 1.65. The summed E-state index contributed by atoms with van der Waals surface area (Å²) < 4.78 is 7.29. The highest BCUT2D eigenvalue weighted by Crippen LogP contribution is 2.26. The van der Waals surface area contributed by atoms with Crippen LogP contribution in [0.5, 0.6) is 5.75 Å². The Bertz CT molecular complexity index is 1160. The van der Waals surface area contributed by atoms with Crippen molar-refractivity contribution in [1.29, 1.82) is 0 Å². The van der Waals surface area contributed by atoms with Crippen LogP contribution < -0.4 is 10.1 Å². The fourth-order valence-electron chi connectivity index (χ4n) is 3.12. The highest BCUT2D eigenvalue weighted by atomic mass is 32.1. The molecule has 28 heavy (non-hydrogen) atoms. The molecule has 6 heteroatoms. The van der Waals surface area contributed by atoms with Crippen LogP contribution in [0.15, 0.2) is 54.0 Å². The molecule has 0 unspecified atom stereocenters. The van der Waals surface area contributed by atoms with E-state index in [4.69, 9.17) is 9.72 Å². The lowest BCUT2D eigenvalue weighted by atomic mass is 10.1. The molecule has 1 N–H and O–H groups in total. The average molecular weight is 391 g/mol. The fourth-order valence-corrected chi connectivity index (χ4v) is 4.00. The third kappa shape index (κ3) is 3.51. The van der Waals surface area contributed by atoms with Gasteiger partial charge in [-0.1, -0.05) is 24.3 Å². The number of amides is 1. The number of nitrogens with zero attached hydrogens (tertiary/aromatic N) is 2. The number of ether oxygens (including phenoxy) is 1. The Hall–Kier alpha value is -3.12. The molecule has 0 atom stereocenters. The summed E-state index contributed by atoms with van der Waals surface area (Å²) in [6.07, 6.45) is 2.27. The van der Waals surface area contributed by atoms with Crippen molar-refractivity contribution in [3.05, 3.63) is 70.9 Å². The van der Waals surface area contributed by atoms with Gasteiger partial charge in [-0.15, -0.1) is 11.3 Å². The molecule has 0 bridgehead atoms. The fraction of sp³-hybridized carbons (Fsp3) is 0.182. The van der Waals surface area contributed by atoms with Crippen LogP contribution in [0.25, 0.3) is 16.2 Å². The normalized spacial score (nSPS) is 11.0. The largest absolute Gasteiger partial charge is 0.497 e. The maximum absolute atomic E-state index is 12.6. The standard InChI is InChI=1S/C22H21N3O2S/c1-14-6-4-9-19(15(14)2)23-21(26)11-17-13-28-22-24-20(12-25(17)22)16-7-5-8-18(10-16)27-3/h4-10,12-13H,11H2,1-3H3,(H,23,26). The number of benzene rings is 2. The molecular formula is C22H21N3O2S. The van der Waals surface area contributed by atoms with Gasteiger partial charge in [0, 0.05) is 28.5 Å². The van der Waals surface area contributed by atoms with E-state index in [1.807, 2.05) is 72.3 Å². The highest BCUT2D eigenvalue weighted by molar-refractivity contribution is 7.15. The first-order valence-corrected chi connectivity index (χ1v) is 9.89. The minimum absolute atomic E-state index is 0.0370. The second-order valence-electron chi connectivity index (χ2n) is 6.71. The Labute approximate surface area is 167 Å².